The zero-order valence-electron chi connectivity index (χ0n) is 17.2. The van der Waals surface area contributed by atoms with Crippen molar-refractivity contribution in [3.05, 3.63) is 75.7 Å². The molecule has 0 aliphatic carbocycles. The average molecular weight is 449 g/mol. The summed E-state index contributed by atoms with van der Waals surface area (Å²) in [6, 6.07) is 14.0. The Hall–Kier alpha value is -2.97. The van der Waals surface area contributed by atoms with Crippen molar-refractivity contribution in [2.45, 2.75) is 30.9 Å². The van der Waals surface area contributed by atoms with Crippen LogP contribution in [0.1, 0.15) is 32.6 Å². The van der Waals surface area contributed by atoms with Gasteiger partial charge in [0.15, 0.2) is 5.82 Å². The molecule has 1 amide bonds. The molecule has 3 heterocycles. The molecule has 2 aromatic carbocycles. The fourth-order valence-corrected chi connectivity index (χ4v) is 5.02. The Bertz CT molecular complexity index is 1250. The Morgan fingerprint density at radius 1 is 1.16 bits per heavy atom. The summed E-state index contributed by atoms with van der Waals surface area (Å²) in [4.78, 5) is 24.8. The van der Waals surface area contributed by atoms with E-state index in [0.717, 1.165) is 33.3 Å². The van der Waals surface area contributed by atoms with Gasteiger partial charge in [0.25, 0.3) is 5.91 Å². The number of carbonyl (C=O) groups excluding carboxylic acids is 1. The molecule has 0 spiro atoms. The molecule has 0 atom stereocenters. The molecule has 8 heteroatoms. The fourth-order valence-electron chi connectivity index (χ4n) is 3.66. The van der Waals surface area contributed by atoms with Crippen molar-refractivity contribution in [3.63, 3.8) is 0 Å². The first-order chi connectivity index (χ1) is 15.1. The topological polar surface area (TPSA) is 72.1 Å². The van der Waals surface area contributed by atoms with Crippen LogP contribution in [-0.4, -0.2) is 27.6 Å². The second kappa shape index (κ2) is 8.28. The fraction of sp³-hybridized carbons (Fsp3) is 0.217. The van der Waals surface area contributed by atoms with Crippen molar-refractivity contribution in [3.8, 4) is 11.3 Å². The van der Waals surface area contributed by atoms with Crippen LogP contribution < -0.4 is 4.90 Å². The van der Waals surface area contributed by atoms with Gasteiger partial charge in [-0.1, -0.05) is 11.2 Å². The minimum absolute atomic E-state index is 0.0279. The average Bonchev–Trinajstić information content (AvgIpc) is 3.51. The van der Waals surface area contributed by atoms with Gasteiger partial charge in [0, 0.05) is 33.6 Å². The highest BCUT2D eigenvalue weighted by Gasteiger charge is 2.26. The summed E-state index contributed by atoms with van der Waals surface area (Å²) in [6.45, 7) is 4.51. The van der Waals surface area contributed by atoms with Gasteiger partial charge in [0.05, 0.1) is 16.5 Å². The predicted molar refractivity (Wildman–Crippen MR) is 123 cm³/mol. The second-order valence-corrected chi connectivity index (χ2v) is 9.46. The third-order valence-electron chi connectivity index (χ3n) is 5.17. The maximum absolute atomic E-state index is 13.1. The van der Waals surface area contributed by atoms with Gasteiger partial charge >= 0.3 is 0 Å². The van der Waals surface area contributed by atoms with E-state index < -0.39 is 0 Å². The summed E-state index contributed by atoms with van der Waals surface area (Å²) >= 11 is 3.25. The number of hydrogen-bond donors (Lipinski definition) is 0. The summed E-state index contributed by atoms with van der Waals surface area (Å²) in [6.07, 6.45) is 0.857. The summed E-state index contributed by atoms with van der Waals surface area (Å²) in [5, 5.41) is 6.93. The first-order valence-electron chi connectivity index (χ1n) is 9.96. The molecule has 5 rings (SSSR count). The zero-order valence-corrected chi connectivity index (χ0v) is 18.8. The third-order valence-corrected chi connectivity index (χ3v) is 6.94. The number of anilines is 1. The zero-order chi connectivity index (χ0) is 21.4. The molecule has 2 aromatic heterocycles. The van der Waals surface area contributed by atoms with Crippen molar-refractivity contribution < 1.29 is 9.32 Å². The molecular weight excluding hydrogens is 428 g/mol. The van der Waals surface area contributed by atoms with Gasteiger partial charge < -0.3 is 9.42 Å². The van der Waals surface area contributed by atoms with E-state index in [1.807, 2.05) is 42.2 Å². The van der Waals surface area contributed by atoms with E-state index in [-0.39, 0.29) is 5.91 Å². The lowest BCUT2D eigenvalue weighted by atomic mass is 10.1. The van der Waals surface area contributed by atoms with Gasteiger partial charge in [-0.3, -0.25) is 4.79 Å². The summed E-state index contributed by atoms with van der Waals surface area (Å²) in [7, 11) is 0. The number of thioether (sulfide) groups is 1. The van der Waals surface area contributed by atoms with E-state index in [4.69, 9.17) is 4.52 Å². The maximum atomic E-state index is 13.1. The molecule has 156 valence electrons. The van der Waals surface area contributed by atoms with E-state index >= 15 is 0 Å². The molecular formula is C23H20N4O2S2. The van der Waals surface area contributed by atoms with Crippen molar-refractivity contribution in [2.75, 3.05) is 11.4 Å². The van der Waals surface area contributed by atoms with Gasteiger partial charge in [-0.2, -0.15) is 4.98 Å². The number of carbonyl (C=O) groups is 1. The maximum Gasteiger partial charge on any atom is 0.258 e. The van der Waals surface area contributed by atoms with Crippen molar-refractivity contribution in [2.24, 2.45) is 0 Å². The minimum atomic E-state index is 0.0279. The van der Waals surface area contributed by atoms with E-state index in [1.54, 1.807) is 30.0 Å². The molecule has 0 unspecified atom stereocenters. The standard InChI is InChI=1S/C23H20N4O2S2/c1-14-24-22(29-26-14)13-31-19-6-3-16(4-7-19)23(28)27-10-9-18-11-17(5-8-21(18)27)20-12-30-15(2)25-20/h3-8,11-12H,9-10,13H2,1-2H3. The van der Waals surface area contributed by atoms with E-state index in [2.05, 4.69) is 32.6 Å². The normalized spacial score (nSPS) is 12.9. The quantitative estimate of drug-likeness (QED) is 0.386. The highest BCUT2D eigenvalue weighted by molar-refractivity contribution is 7.98. The number of benzene rings is 2. The molecule has 0 saturated heterocycles. The lowest BCUT2D eigenvalue weighted by Gasteiger charge is -2.18. The van der Waals surface area contributed by atoms with Crippen LogP contribution in [0.4, 0.5) is 5.69 Å². The largest absolute Gasteiger partial charge is 0.338 e. The second-order valence-electron chi connectivity index (χ2n) is 7.35. The van der Waals surface area contributed by atoms with Crippen molar-refractivity contribution >= 4 is 34.7 Å². The molecule has 0 radical (unpaired) electrons. The lowest BCUT2D eigenvalue weighted by molar-refractivity contribution is 0.0989. The van der Waals surface area contributed by atoms with E-state index in [1.165, 1.54) is 5.56 Å². The summed E-state index contributed by atoms with van der Waals surface area (Å²) < 4.78 is 5.14. The van der Waals surface area contributed by atoms with Crippen LogP contribution in [-0.2, 0) is 12.2 Å². The number of aryl methyl sites for hydroxylation is 2. The Morgan fingerprint density at radius 2 is 2.00 bits per heavy atom. The van der Waals surface area contributed by atoms with Gasteiger partial charge in [-0.15, -0.1) is 23.1 Å². The minimum Gasteiger partial charge on any atom is -0.338 e. The van der Waals surface area contributed by atoms with Crippen LogP contribution in [0.5, 0.6) is 0 Å². The molecule has 4 aromatic rings. The van der Waals surface area contributed by atoms with E-state index in [9.17, 15) is 4.79 Å². The van der Waals surface area contributed by atoms with Gasteiger partial charge in [0.1, 0.15) is 0 Å². The van der Waals surface area contributed by atoms with Gasteiger partial charge in [-0.05, 0) is 62.2 Å². The molecule has 0 bridgehead atoms. The molecule has 0 fully saturated rings. The summed E-state index contributed by atoms with van der Waals surface area (Å²) in [5.41, 5.74) is 4.98. The Labute approximate surface area is 188 Å². The first kappa shape index (κ1) is 20.0. The molecule has 6 nitrogen and oxygen atoms in total. The SMILES string of the molecule is Cc1noc(CSc2ccc(C(=O)N3CCc4cc(-c5csc(C)n5)ccc43)cc2)n1. The molecule has 1 aliphatic heterocycles. The Kier molecular flexibility index (Phi) is 5.33. The van der Waals surface area contributed by atoms with Crippen LogP contribution in [0.25, 0.3) is 11.3 Å². The van der Waals surface area contributed by atoms with Crippen LogP contribution in [0.2, 0.25) is 0 Å². The number of hydrogen-bond acceptors (Lipinski definition) is 7. The molecule has 0 N–H and O–H groups in total. The number of amides is 1. The van der Waals surface area contributed by atoms with Gasteiger partial charge in [0.2, 0.25) is 5.89 Å². The van der Waals surface area contributed by atoms with Crippen LogP contribution in [0, 0.1) is 13.8 Å². The number of aromatic nitrogens is 3. The van der Waals surface area contributed by atoms with Gasteiger partial charge in [-0.25, -0.2) is 4.98 Å². The number of rotatable bonds is 5. The van der Waals surface area contributed by atoms with Crippen LogP contribution >= 0.6 is 23.1 Å². The summed E-state index contributed by atoms with van der Waals surface area (Å²) in [5.74, 6) is 1.87. The van der Waals surface area contributed by atoms with Crippen molar-refractivity contribution in [1.82, 2.24) is 15.1 Å². The molecule has 0 saturated carbocycles. The first-order valence-corrected chi connectivity index (χ1v) is 11.8. The number of thiazole rings is 1. The lowest BCUT2D eigenvalue weighted by Crippen LogP contribution is -2.28. The number of fused-ring (bicyclic) bond motifs is 1. The molecule has 1 aliphatic rings. The van der Waals surface area contributed by atoms with Crippen LogP contribution in [0.3, 0.4) is 0 Å². The van der Waals surface area contributed by atoms with Crippen LogP contribution in [0.15, 0.2) is 57.3 Å². The highest BCUT2D eigenvalue weighted by atomic mass is 32.2. The van der Waals surface area contributed by atoms with E-state index in [0.29, 0.717) is 29.6 Å². The highest BCUT2D eigenvalue weighted by Crippen LogP contribution is 2.34. The molecule has 31 heavy (non-hydrogen) atoms. The number of nitrogens with zero attached hydrogens (tertiary/aromatic N) is 4. The third kappa shape index (κ3) is 4.13. The Morgan fingerprint density at radius 3 is 2.71 bits per heavy atom. The van der Waals surface area contributed by atoms with Crippen molar-refractivity contribution in [1.29, 1.82) is 0 Å². The monoisotopic (exact) mass is 448 g/mol. The predicted octanol–water partition coefficient (Wildman–Crippen LogP) is 5.31. The Balaban J connectivity index is 1.29. The smallest absolute Gasteiger partial charge is 0.258 e.